The number of aldehydes is 1. The molecule has 0 unspecified atom stereocenters. The van der Waals surface area contributed by atoms with Crippen molar-refractivity contribution in [3.05, 3.63) is 60.9 Å². The van der Waals surface area contributed by atoms with E-state index < -0.39 is 0 Å². The molecule has 4 heteroatoms. The Morgan fingerprint density at radius 2 is 2.05 bits per heavy atom. The fourth-order valence-corrected chi connectivity index (χ4v) is 2.47. The maximum Gasteiger partial charge on any atom is 0.170 e. The summed E-state index contributed by atoms with van der Waals surface area (Å²) in [7, 11) is 0. The average Bonchev–Trinajstić information content (AvgIpc) is 3.15. The van der Waals surface area contributed by atoms with E-state index in [1.807, 2.05) is 28.8 Å². The van der Waals surface area contributed by atoms with E-state index in [0.29, 0.717) is 5.69 Å². The lowest BCUT2D eigenvalue weighted by atomic mass is 10.1. The summed E-state index contributed by atoms with van der Waals surface area (Å²) in [5.74, 6) is 0. The molecule has 4 rings (SSSR count). The molecule has 0 atom stereocenters. The van der Waals surface area contributed by atoms with Gasteiger partial charge in [0.25, 0.3) is 0 Å². The SMILES string of the molecule is O=Cc1cn(-c2ccc3c(ccc4occc43)c2)cn1. The second-order valence-corrected chi connectivity index (χ2v) is 4.63. The van der Waals surface area contributed by atoms with Crippen molar-refractivity contribution in [2.45, 2.75) is 0 Å². The van der Waals surface area contributed by atoms with Gasteiger partial charge in [-0.3, -0.25) is 4.79 Å². The number of carbonyl (C=O) groups is 1. The summed E-state index contributed by atoms with van der Waals surface area (Å²) in [4.78, 5) is 14.7. The summed E-state index contributed by atoms with van der Waals surface area (Å²) in [6, 6.07) is 12.1. The van der Waals surface area contributed by atoms with Gasteiger partial charge in [0.15, 0.2) is 6.29 Å². The molecule has 0 spiro atoms. The van der Waals surface area contributed by atoms with E-state index in [2.05, 4.69) is 17.1 Å². The van der Waals surface area contributed by atoms with E-state index in [9.17, 15) is 4.79 Å². The molecule has 0 saturated heterocycles. The molecule has 20 heavy (non-hydrogen) atoms. The van der Waals surface area contributed by atoms with Gasteiger partial charge in [-0.2, -0.15) is 0 Å². The predicted molar refractivity (Wildman–Crippen MR) is 76.2 cm³/mol. The van der Waals surface area contributed by atoms with Gasteiger partial charge in [0.05, 0.1) is 6.26 Å². The van der Waals surface area contributed by atoms with Crippen LogP contribution in [0.2, 0.25) is 0 Å². The summed E-state index contributed by atoms with van der Waals surface area (Å²) in [6.07, 6.45) is 5.79. The maximum absolute atomic E-state index is 10.7. The van der Waals surface area contributed by atoms with Crippen molar-refractivity contribution in [1.82, 2.24) is 9.55 Å². The van der Waals surface area contributed by atoms with Gasteiger partial charge in [-0.15, -0.1) is 0 Å². The normalized spacial score (nSPS) is 11.2. The van der Waals surface area contributed by atoms with E-state index in [4.69, 9.17) is 4.42 Å². The highest BCUT2D eigenvalue weighted by Crippen LogP contribution is 2.27. The molecular formula is C16H10N2O2. The van der Waals surface area contributed by atoms with Crippen molar-refractivity contribution in [2.24, 2.45) is 0 Å². The van der Waals surface area contributed by atoms with Gasteiger partial charge in [-0.05, 0) is 35.0 Å². The third-order valence-electron chi connectivity index (χ3n) is 3.46. The molecule has 4 aromatic rings. The number of hydrogen-bond donors (Lipinski definition) is 0. The Bertz CT molecular complexity index is 934. The molecule has 96 valence electrons. The molecule has 2 aromatic carbocycles. The summed E-state index contributed by atoms with van der Waals surface area (Å²) >= 11 is 0. The van der Waals surface area contributed by atoms with Gasteiger partial charge in [-0.1, -0.05) is 12.1 Å². The number of nitrogens with zero attached hydrogens (tertiary/aromatic N) is 2. The molecule has 2 aromatic heterocycles. The summed E-state index contributed by atoms with van der Waals surface area (Å²) in [5.41, 5.74) is 2.28. The van der Waals surface area contributed by atoms with Gasteiger partial charge in [0.1, 0.15) is 17.6 Å². The number of fused-ring (bicyclic) bond motifs is 3. The third-order valence-corrected chi connectivity index (χ3v) is 3.46. The fraction of sp³-hybridized carbons (Fsp3) is 0. The number of furan rings is 1. The van der Waals surface area contributed by atoms with E-state index in [-0.39, 0.29) is 0 Å². The minimum absolute atomic E-state index is 0.426. The largest absolute Gasteiger partial charge is 0.464 e. The van der Waals surface area contributed by atoms with E-state index in [0.717, 1.165) is 33.7 Å². The highest BCUT2D eigenvalue weighted by atomic mass is 16.3. The minimum atomic E-state index is 0.426. The molecule has 0 radical (unpaired) electrons. The van der Waals surface area contributed by atoms with Crippen LogP contribution in [0.4, 0.5) is 0 Å². The Balaban J connectivity index is 1.94. The van der Waals surface area contributed by atoms with Crippen molar-refractivity contribution in [2.75, 3.05) is 0 Å². The average molecular weight is 262 g/mol. The summed E-state index contributed by atoms with van der Waals surface area (Å²) < 4.78 is 7.24. The Morgan fingerprint density at radius 3 is 2.90 bits per heavy atom. The fourth-order valence-electron chi connectivity index (χ4n) is 2.47. The first kappa shape index (κ1) is 11.0. The molecule has 2 heterocycles. The van der Waals surface area contributed by atoms with Crippen LogP contribution in [0.5, 0.6) is 0 Å². The quantitative estimate of drug-likeness (QED) is 0.519. The van der Waals surface area contributed by atoms with Crippen molar-refractivity contribution in [3.8, 4) is 5.69 Å². The van der Waals surface area contributed by atoms with Crippen LogP contribution in [-0.2, 0) is 0 Å². The van der Waals surface area contributed by atoms with E-state index in [1.165, 1.54) is 0 Å². The van der Waals surface area contributed by atoms with Crippen LogP contribution in [0.3, 0.4) is 0 Å². The summed E-state index contributed by atoms with van der Waals surface area (Å²) in [6.45, 7) is 0. The monoisotopic (exact) mass is 262 g/mol. The van der Waals surface area contributed by atoms with Crippen LogP contribution in [0.25, 0.3) is 27.4 Å². The zero-order valence-electron chi connectivity index (χ0n) is 10.5. The van der Waals surface area contributed by atoms with E-state index >= 15 is 0 Å². The Hall–Kier alpha value is -2.88. The topological polar surface area (TPSA) is 48.0 Å². The third kappa shape index (κ3) is 1.55. The highest BCUT2D eigenvalue weighted by Gasteiger charge is 2.05. The first-order valence-corrected chi connectivity index (χ1v) is 6.25. The number of hydrogen-bond acceptors (Lipinski definition) is 3. The van der Waals surface area contributed by atoms with Gasteiger partial charge in [0, 0.05) is 17.3 Å². The van der Waals surface area contributed by atoms with Gasteiger partial charge >= 0.3 is 0 Å². The van der Waals surface area contributed by atoms with Crippen molar-refractivity contribution >= 4 is 28.0 Å². The molecule has 0 amide bonds. The van der Waals surface area contributed by atoms with Crippen molar-refractivity contribution in [3.63, 3.8) is 0 Å². The lowest BCUT2D eigenvalue weighted by molar-refractivity contribution is 0.111. The van der Waals surface area contributed by atoms with Crippen LogP contribution < -0.4 is 0 Å². The van der Waals surface area contributed by atoms with Crippen molar-refractivity contribution in [1.29, 1.82) is 0 Å². The molecule has 4 nitrogen and oxygen atoms in total. The van der Waals surface area contributed by atoms with Crippen LogP contribution in [0.1, 0.15) is 10.5 Å². The first-order valence-electron chi connectivity index (χ1n) is 6.25. The minimum Gasteiger partial charge on any atom is -0.464 e. The van der Waals surface area contributed by atoms with Gasteiger partial charge < -0.3 is 8.98 Å². The lowest BCUT2D eigenvalue weighted by Gasteiger charge is -2.05. The lowest BCUT2D eigenvalue weighted by Crippen LogP contribution is -1.89. The van der Waals surface area contributed by atoms with Crippen LogP contribution >= 0.6 is 0 Å². The Morgan fingerprint density at radius 1 is 1.10 bits per heavy atom. The van der Waals surface area contributed by atoms with Gasteiger partial charge in [0.2, 0.25) is 0 Å². The summed E-state index contributed by atoms with van der Waals surface area (Å²) in [5, 5.41) is 3.38. The predicted octanol–water partition coefficient (Wildman–Crippen LogP) is 3.58. The molecule has 0 aliphatic heterocycles. The number of aromatic nitrogens is 2. The second kappa shape index (κ2) is 4.06. The zero-order valence-corrected chi connectivity index (χ0v) is 10.5. The Labute approximate surface area is 114 Å². The molecule has 0 aliphatic carbocycles. The highest BCUT2D eigenvalue weighted by molar-refractivity contribution is 6.06. The maximum atomic E-state index is 10.7. The molecule has 0 saturated carbocycles. The van der Waals surface area contributed by atoms with E-state index in [1.54, 1.807) is 18.8 Å². The molecule has 0 fully saturated rings. The zero-order chi connectivity index (χ0) is 13.5. The van der Waals surface area contributed by atoms with Crippen LogP contribution in [0.15, 0.2) is 59.6 Å². The molecule has 0 aliphatic rings. The molecule has 0 N–H and O–H groups in total. The number of imidazole rings is 1. The van der Waals surface area contributed by atoms with Crippen LogP contribution in [0, 0.1) is 0 Å². The van der Waals surface area contributed by atoms with Crippen LogP contribution in [-0.4, -0.2) is 15.8 Å². The van der Waals surface area contributed by atoms with Crippen molar-refractivity contribution < 1.29 is 9.21 Å². The van der Waals surface area contributed by atoms with Gasteiger partial charge in [-0.25, -0.2) is 4.98 Å². The standard InChI is InChI=1S/C16H10N2O2/c19-9-12-8-18(10-17-12)13-2-3-14-11(7-13)1-4-16-15(14)5-6-20-16/h1-10H. The number of carbonyl (C=O) groups excluding carboxylic acids is 1. The first-order chi connectivity index (χ1) is 9.85. The Kier molecular flexibility index (Phi) is 2.23. The number of benzene rings is 2. The molecule has 0 bridgehead atoms. The molecular weight excluding hydrogens is 252 g/mol. The second-order valence-electron chi connectivity index (χ2n) is 4.63. The number of rotatable bonds is 2. The smallest absolute Gasteiger partial charge is 0.170 e.